The number of nitrogens with one attached hydrogen (secondary N) is 1. The van der Waals surface area contributed by atoms with E-state index in [0.29, 0.717) is 0 Å². The Morgan fingerprint density at radius 2 is 2.05 bits per heavy atom. The predicted molar refractivity (Wildman–Crippen MR) is 85.3 cm³/mol. The van der Waals surface area contributed by atoms with Gasteiger partial charge >= 0.3 is 5.97 Å². The van der Waals surface area contributed by atoms with Crippen molar-refractivity contribution in [1.29, 1.82) is 0 Å². The Labute approximate surface area is 129 Å². The summed E-state index contributed by atoms with van der Waals surface area (Å²) in [6, 6.07) is 0.857. The number of unbranched alkanes of at least 4 members (excludes halogenated alkanes) is 1. The van der Waals surface area contributed by atoms with Crippen LogP contribution in [0.15, 0.2) is 0 Å². The zero-order chi connectivity index (χ0) is 15.3. The molecule has 1 heterocycles. The average Bonchev–Trinajstić information content (AvgIpc) is 2.93. The van der Waals surface area contributed by atoms with Crippen LogP contribution < -0.4 is 5.32 Å². The third-order valence-electron chi connectivity index (χ3n) is 5.68. The molecule has 3 unspecified atom stereocenters. The average molecular weight is 296 g/mol. The Morgan fingerprint density at radius 1 is 1.29 bits per heavy atom. The molecule has 4 nitrogen and oxygen atoms in total. The number of carbonyl (C=O) groups is 1. The molecule has 1 aliphatic heterocycles. The number of methoxy groups -OCH3 is 1. The zero-order valence-electron chi connectivity index (χ0n) is 14.0. The highest BCUT2D eigenvalue weighted by molar-refractivity contribution is 5.80. The highest BCUT2D eigenvalue weighted by Gasteiger charge is 2.35. The third kappa shape index (κ3) is 3.98. The number of ether oxygens (including phenoxy) is 1. The minimum absolute atomic E-state index is 0.154. The van der Waals surface area contributed by atoms with Gasteiger partial charge in [-0.15, -0.1) is 0 Å². The molecule has 0 aromatic carbocycles. The molecule has 0 aromatic heterocycles. The van der Waals surface area contributed by atoms with E-state index in [9.17, 15) is 4.79 Å². The number of fused-ring (bicyclic) bond motifs is 1. The van der Waals surface area contributed by atoms with Crippen LogP contribution in [0.5, 0.6) is 0 Å². The van der Waals surface area contributed by atoms with E-state index in [-0.39, 0.29) is 5.97 Å². The molecule has 1 N–H and O–H groups in total. The lowest BCUT2D eigenvalue weighted by atomic mass is 9.85. The van der Waals surface area contributed by atoms with Crippen LogP contribution in [0.1, 0.15) is 58.3 Å². The quantitative estimate of drug-likeness (QED) is 0.579. The second kappa shape index (κ2) is 7.59. The fraction of sp³-hybridized carbons (Fsp3) is 0.941. The van der Waals surface area contributed by atoms with Gasteiger partial charge in [-0.25, -0.2) is 0 Å². The molecule has 2 aliphatic rings. The Morgan fingerprint density at radius 3 is 2.76 bits per heavy atom. The molecule has 0 radical (unpaired) electrons. The minimum atomic E-state index is -0.535. The van der Waals surface area contributed by atoms with Crippen molar-refractivity contribution in [2.45, 2.75) is 69.9 Å². The molecule has 0 amide bonds. The maximum atomic E-state index is 11.8. The maximum Gasteiger partial charge on any atom is 0.325 e. The Kier molecular flexibility index (Phi) is 6.06. The van der Waals surface area contributed by atoms with E-state index in [2.05, 4.69) is 10.2 Å². The van der Waals surface area contributed by atoms with Crippen molar-refractivity contribution < 1.29 is 9.53 Å². The summed E-state index contributed by atoms with van der Waals surface area (Å²) in [5.74, 6) is 0.815. The van der Waals surface area contributed by atoms with E-state index in [1.807, 2.05) is 14.0 Å². The summed E-state index contributed by atoms with van der Waals surface area (Å²) in [6.45, 7) is 4.42. The SMILES string of the molecule is CNC(C)(CCCCN1CCC2CCCCC21)C(=O)OC. The molecule has 1 saturated heterocycles. The number of likely N-dealkylation sites (N-methyl/N-ethyl adjacent to an activating group) is 1. The number of nitrogens with zero attached hydrogens (tertiary/aromatic N) is 1. The second-order valence-corrected chi connectivity index (χ2v) is 6.97. The van der Waals surface area contributed by atoms with Gasteiger partial charge in [0.1, 0.15) is 5.54 Å². The van der Waals surface area contributed by atoms with Crippen molar-refractivity contribution in [3.63, 3.8) is 0 Å². The molecule has 2 fully saturated rings. The van der Waals surface area contributed by atoms with Gasteiger partial charge in [0.25, 0.3) is 0 Å². The summed E-state index contributed by atoms with van der Waals surface area (Å²) in [7, 11) is 3.30. The summed E-state index contributed by atoms with van der Waals surface area (Å²) in [5, 5.41) is 3.11. The number of carbonyl (C=O) groups excluding carboxylic acids is 1. The molecule has 21 heavy (non-hydrogen) atoms. The fourth-order valence-electron chi connectivity index (χ4n) is 4.13. The molecule has 122 valence electrons. The van der Waals surface area contributed by atoms with E-state index in [1.165, 1.54) is 58.7 Å². The van der Waals surface area contributed by atoms with Gasteiger partial charge in [0.2, 0.25) is 0 Å². The Balaban J connectivity index is 1.71. The van der Waals surface area contributed by atoms with Gasteiger partial charge in [-0.05, 0) is 71.5 Å². The molecule has 0 aromatic rings. The first-order valence-electron chi connectivity index (χ1n) is 8.62. The van der Waals surface area contributed by atoms with Crippen LogP contribution in [0.3, 0.4) is 0 Å². The standard InChI is InChI=1S/C17H32N2O2/c1-17(18-2,16(20)21-3)11-6-7-12-19-13-10-14-8-4-5-9-15(14)19/h14-15,18H,4-13H2,1-3H3. The zero-order valence-corrected chi connectivity index (χ0v) is 14.0. The topological polar surface area (TPSA) is 41.6 Å². The molecule has 3 atom stereocenters. The van der Waals surface area contributed by atoms with Crippen LogP contribution in [0.2, 0.25) is 0 Å². The maximum absolute atomic E-state index is 11.8. The normalized spacial score (nSPS) is 28.9. The summed E-state index contributed by atoms with van der Waals surface area (Å²) in [4.78, 5) is 14.5. The van der Waals surface area contributed by atoms with Gasteiger partial charge in [-0.3, -0.25) is 4.79 Å². The van der Waals surface area contributed by atoms with Crippen molar-refractivity contribution in [2.24, 2.45) is 5.92 Å². The number of hydrogen-bond donors (Lipinski definition) is 1. The molecule has 0 spiro atoms. The first kappa shape index (κ1) is 16.8. The van der Waals surface area contributed by atoms with Crippen LogP contribution in [0.4, 0.5) is 0 Å². The number of likely N-dealkylation sites (tertiary alicyclic amines) is 1. The van der Waals surface area contributed by atoms with Crippen LogP contribution in [-0.2, 0) is 9.53 Å². The van der Waals surface area contributed by atoms with E-state index < -0.39 is 5.54 Å². The predicted octanol–water partition coefficient (Wildman–Crippen LogP) is 2.57. The van der Waals surface area contributed by atoms with Crippen molar-refractivity contribution in [1.82, 2.24) is 10.2 Å². The van der Waals surface area contributed by atoms with E-state index in [1.54, 1.807) is 0 Å². The van der Waals surface area contributed by atoms with Crippen LogP contribution in [-0.4, -0.2) is 49.7 Å². The van der Waals surface area contributed by atoms with Gasteiger partial charge in [0.15, 0.2) is 0 Å². The lowest BCUT2D eigenvalue weighted by molar-refractivity contribution is -0.148. The molecule has 2 rings (SSSR count). The van der Waals surface area contributed by atoms with Crippen LogP contribution in [0, 0.1) is 5.92 Å². The van der Waals surface area contributed by atoms with Crippen molar-refractivity contribution >= 4 is 5.97 Å². The minimum Gasteiger partial charge on any atom is -0.468 e. The van der Waals surface area contributed by atoms with Crippen molar-refractivity contribution in [3.8, 4) is 0 Å². The molecule has 4 heteroatoms. The number of rotatable bonds is 7. The van der Waals surface area contributed by atoms with Gasteiger partial charge in [0.05, 0.1) is 7.11 Å². The van der Waals surface area contributed by atoms with Crippen LogP contribution in [0.25, 0.3) is 0 Å². The number of esters is 1. The van der Waals surface area contributed by atoms with E-state index >= 15 is 0 Å². The summed E-state index contributed by atoms with van der Waals surface area (Å²) >= 11 is 0. The highest BCUT2D eigenvalue weighted by Crippen LogP contribution is 2.36. The van der Waals surface area contributed by atoms with E-state index in [4.69, 9.17) is 4.74 Å². The largest absolute Gasteiger partial charge is 0.468 e. The number of hydrogen-bond acceptors (Lipinski definition) is 4. The highest BCUT2D eigenvalue weighted by atomic mass is 16.5. The second-order valence-electron chi connectivity index (χ2n) is 6.97. The van der Waals surface area contributed by atoms with Gasteiger partial charge in [-0.2, -0.15) is 0 Å². The first-order chi connectivity index (χ1) is 10.1. The molecular weight excluding hydrogens is 264 g/mol. The van der Waals surface area contributed by atoms with Crippen molar-refractivity contribution in [3.05, 3.63) is 0 Å². The smallest absolute Gasteiger partial charge is 0.325 e. The molecular formula is C17H32N2O2. The van der Waals surface area contributed by atoms with Crippen LogP contribution >= 0.6 is 0 Å². The van der Waals surface area contributed by atoms with Gasteiger partial charge < -0.3 is 15.0 Å². The summed E-state index contributed by atoms with van der Waals surface area (Å²) < 4.78 is 4.90. The summed E-state index contributed by atoms with van der Waals surface area (Å²) in [6.07, 6.45) is 10.2. The fourth-order valence-corrected chi connectivity index (χ4v) is 4.13. The molecule has 1 saturated carbocycles. The Hall–Kier alpha value is -0.610. The van der Waals surface area contributed by atoms with Crippen molar-refractivity contribution in [2.75, 3.05) is 27.2 Å². The van der Waals surface area contributed by atoms with E-state index in [0.717, 1.165) is 24.8 Å². The Bertz CT molecular complexity index is 348. The third-order valence-corrected chi connectivity index (χ3v) is 5.68. The molecule has 1 aliphatic carbocycles. The van der Waals surface area contributed by atoms with Gasteiger partial charge in [-0.1, -0.05) is 12.8 Å². The summed E-state index contributed by atoms with van der Waals surface area (Å²) in [5.41, 5.74) is -0.535. The van der Waals surface area contributed by atoms with Gasteiger partial charge in [0, 0.05) is 6.04 Å². The lowest BCUT2D eigenvalue weighted by Crippen LogP contribution is -2.48. The monoisotopic (exact) mass is 296 g/mol. The lowest BCUT2D eigenvalue weighted by Gasteiger charge is -2.32. The first-order valence-corrected chi connectivity index (χ1v) is 8.62. The molecule has 0 bridgehead atoms.